The summed E-state index contributed by atoms with van der Waals surface area (Å²) >= 11 is 0. The number of carbonyl (C=O) groups excluding carboxylic acids is 1. The van der Waals surface area contributed by atoms with Crippen molar-refractivity contribution < 1.29 is 18.8 Å². The summed E-state index contributed by atoms with van der Waals surface area (Å²) in [5, 5.41) is 3.64. The average molecular weight is 310 g/mol. The number of rotatable bonds is 5. The topological polar surface area (TPSA) is 74.5 Å². The van der Waals surface area contributed by atoms with Crippen LogP contribution in [0.2, 0.25) is 0 Å². The minimum atomic E-state index is -0.521. The van der Waals surface area contributed by atoms with Crippen LogP contribution in [0.5, 0.6) is 11.5 Å². The van der Waals surface area contributed by atoms with Gasteiger partial charge in [-0.15, -0.1) is 0 Å². The number of hydrogen-bond donors (Lipinski definition) is 0. The molecule has 3 rings (SSSR count). The lowest BCUT2D eigenvalue weighted by atomic mass is 10.2. The molecule has 0 spiro atoms. The zero-order valence-corrected chi connectivity index (χ0v) is 12.4. The normalized spacial score (nSPS) is 10.3. The molecule has 6 heteroatoms. The molecular formula is C17H14N2O4. The Balaban J connectivity index is 1.72. The molecule has 6 nitrogen and oxygen atoms in total. The highest BCUT2D eigenvalue weighted by Gasteiger charge is 2.15. The van der Waals surface area contributed by atoms with Crippen molar-refractivity contribution in [1.29, 1.82) is 0 Å². The molecule has 1 heterocycles. The predicted molar refractivity (Wildman–Crippen MR) is 81.1 cm³/mol. The zero-order valence-electron chi connectivity index (χ0n) is 12.4. The number of aryl methyl sites for hydroxylation is 1. The van der Waals surface area contributed by atoms with Crippen LogP contribution in [0.3, 0.4) is 0 Å². The maximum absolute atomic E-state index is 12.2. The molecule has 0 atom stereocenters. The lowest BCUT2D eigenvalue weighted by Crippen LogP contribution is -2.07. The molecule has 3 aromatic rings. The fraction of sp³-hybridized carbons (Fsp3) is 0.118. The monoisotopic (exact) mass is 310 g/mol. The van der Waals surface area contributed by atoms with Gasteiger partial charge in [0.15, 0.2) is 12.4 Å². The van der Waals surface area contributed by atoms with Crippen LogP contribution in [-0.2, 0) is 11.3 Å². The summed E-state index contributed by atoms with van der Waals surface area (Å²) in [4.78, 5) is 16.2. The Bertz CT molecular complexity index is 799. The van der Waals surface area contributed by atoms with Crippen molar-refractivity contribution in [3.63, 3.8) is 0 Å². The fourth-order valence-corrected chi connectivity index (χ4v) is 1.94. The Morgan fingerprint density at radius 1 is 1.09 bits per heavy atom. The van der Waals surface area contributed by atoms with E-state index in [9.17, 15) is 4.79 Å². The van der Waals surface area contributed by atoms with Crippen molar-refractivity contribution in [2.45, 2.75) is 13.5 Å². The molecule has 0 radical (unpaired) electrons. The molecule has 2 aromatic carbocycles. The van der Waals surface area contributed by atoms with Crippen LogP contribution < -0.4 is 4.74 Å². The standard InChI is InChI=1S/C17H14N2O4/c1-12-18-16(23-19-12)11-21-17(20)14-9-5-6-10-15(14)22-13-7-3-2-4-8-13/h2-10H,11H2,1H3. The summed E-state index contributed by atoms with van der Waals surface area (Å²) in [6, 6.07) is 16.1. The first kappa shape index (κ1) is 14.8. The van der Waals surface area contributed by atoms with E-state index in [4.69, 9.17) is 14.0 Å². The number of aromatic nitrogens is 2. The van der Waals surface area contributed by atoms with Gasteiger partial charge < -0.3 is 14.0 Å². The van der Waals surface area contributed by atoms with Gasteiger partial charge in [-0.25, -0.2) is 4.79 Å². The van der Waals surface area contributed by atoms with Gasteiger partial charge in [0.2, 0.25) is 0 Å². The number of nitrogens with zero attached hydrogens (tertiary/aromatic N) is 2. The van der Waals surface area contributed by atoms with E-state index < -0.39 is 5.97 Å². The van der Waals surface area contributed by atoms with Crippen LogP contribution >= 0.6 is 0 Å². The third-order valence-corrected chi connectivity index (χ3v) is 2.97. The molecule has 0 N–H and O–H groups in total. The number of ether oxygens (including phenoxy) is 2. The number of esters is 1. The first-order chi connectivity index (χ1) is 11.2. The largest absolute Gasteiger partial charge is 0.456 e. The van der Waals surface area contributed by atoms with Crippen LogP contribution in [0.15, 0.2) is 59.1 Å². The highest BCUT2D eigenvalue weighted by atomic mass is 16.6. The second kappa shape index (κ2) is 6.74. The van der Waals surface area contributed by atoms with Crippen molar-refractivity contribution in [3.8, 4) is 11.5 Å². The molecule has 23 heavy (non-hydrogen) atoms. The van der Waals surface area contributed by atoms with E-state index in [1.165, 1.54) is 0 Å². The Morgan fingerprint density at radius 2 is 1.83 bits per heavy atom. The third kappa shape index (κ3) is 3.74. The number of para-hydroxylation sites is 2. The molecule has 0 aliphatic rings. The van der Waals surface area contributed by atoms with Gasteiger partial charge in [0.1, 0.15) is 17.1 Å². The third-order valence-electron chi connectivity index (χ3n) is 2.97. The van der Waals surface area contributed by atoms with Crippen molar-refractivity contribution in [2.75, 3.05) is 0 Å². The van der Waals surface area contributed by atoms with Crippen LogP contribution in [0, 0.1) is 6.92 Å². The van der Waals surface area contributed by atoms with Crippen molar-refractivity contribution >= 4 is 5.97 Å². The zero-order chi connectivity index (χ0) is 16.1. The van der Waals surface area contributed by atoms with Crippen molar-refractivity contribution in [1.82, 2.24) is 10.1 Å². The van der Waals surface area contributed by atoms with Crippen LogP contribution in [0.4, 0.5) is 0 Å². The highest BCUT2D eigenvalue weighted by Crippen LogP contribution is 2.25. The summed E-state index contributed by atoms with van der Waals surface area (Å²) in [5.74, 6) is 1.28. The first-order valence-corrected chi connectivity index (χ1v) is 7.00. The smallest absolute Gasteiger partial charge is 0.342 e. The molecule has 0 aliphatic carbocycles. The Morgan fingerprint density at radius 3 is 2.57 bits per heavy atom. The maximum atomic E-state index is 12.2. The van der Waals surface area contributed by atoms with Crippen molar-refractivity contribution in [3.05, 3.63) is 71.9 Å². The molecule has 0 bridgehead atoms. The van der Waals surface area contributed by atoms with Gasteiger partial charge >= 0.3 is 5.97 Å². The van der Waals surface area contributed by atoms with Gasteiger partial charge in [-0.2, -0.15) is 4.98 Å². The number of hydrogen-bond acceptors (Lipinski definition) is 6. The molecule has 0 aliphatic heterocycles. The molecule has 0 saturated carbocycles. The molecule has 116 valence electrons. The molecule has 0 unspecified atom stereocenters. The summed E-state index contributed by atoms with van der Waals surface area (Å²) in [6.07, 6.45) is 0. The molecule has 0 saturated heterocycles. The summed E-state index contributed by atoms with van der Waals surface area (Å²) in [6.45, 7) is 1.61. The quantitative estimate of drug-likeness (QED) is 0.671. The van der Waals surface area contributed by atoms with Gasteiger partial charge in [-0.3, -0.25) is 0 Å². The summed E-state index contributed by atoms with van der Waals surface area (Å²) < 4.78 is 15.8. The van der Waals surface area contributed by atoms with E-state index in [0.29, 0.717) is 22.9 Å². The molecular weight excluding hydrogens is 296 g/mol. The lowest BCUT2D eigenvalue weighted by Gasteiger charge is -2.10. The van der Waals surface area contributed by atoms with Crippen LogP contribution in [0.25, 0.3) is 0 Å². The van der Waals surface area contributed by atoms with E-state index in [0.717, 1.165) is 0 Å². The molecule has 1 aromatic heterocycles. The number of carbonyl (C=O) groups is 1. The minimum Gasteiger partial charge on any atom is -0.456 e. The van der Waals surface area contributed by atoms with Crippen molar-refractivity contribution in [2.24, 2.45) is 0 Å². The van der Waals surface area contributed by atoms with E-state index in [1.807, 2.05) is 30.3 Å². The molecule has 0 amide bonds. The van der Waals surface area contributed by atoms with E-state index in [-0.39, 0.29) is 12.5 Å². The lowest BCUT2D eigenvalue weighted by molar-refractivity contribution is 0.0427. The summed E-state index contributed by atoms with van der Waals surface area (Å²) in [5.41, 5.74) is 0.326. The van der Waals surface area contributed by atoms with Gasteiger partial charge in [-0.05, 0) is 31.2 Å². The second-order valence-electron chi connectivity index (χ2n) is 4.72. The molecule has 0 fully saturated rings. The van der Waals surface area contributed by atoms with Gasteiger partial charge in [0, 0.05) is 0 Å². The minimum absolute atomic E-state index is 0.0840. The number of benzene rings is 2. The van der Waals surface area contributed by atoms with E-state index >= 15 is 0 Å². The second-order valence-corrected chi connectivity index (χ2v) is 4.72. The van der Waals surface area contributed by atoms with E-state index in [1.54, 1.807) is 31.2 Å². The van der Waals surface area contributed by atoms with Crippen LogP contribution in [0.1, 0.15) is 22.1 Å². The average Bonchev–Trinajstić information content (AvgIpc) is 3.00. The predicted octanol–water partition coefficient (Wildman–Crippen LogP) is 3.53. The van der Waals surface area contributed by atoms with Gasteiger partial charge in [0.25, 0.3) is 5.89 Å². The highest BCUT2D eigenvalue weighted by molar-refractivity contribution is 5.92. The first-order valence-electron chi connectivity index (χ1n) is 7.00. The maximum Gasteiger partial charge on any atom is 0.342 e. The van der Waals surface area contributed by atoms with Crippen LogP contribution in [-0.4, -0.2) is 16.1 Å². The summed E-state index contributed by atoms with van der Waals surface area (Å²) in [7, 11) is 0. The Labute approximate surface area is 132 Å². The fourth-order valence-electron chi connectivity index (χ4n) is 1.94. The van der Waals surface area contributed by atoms with E-state index in [2.05, 4.69) is 10.1 Å². The van der Waals surface area contributed by atoms with Gasteiger partial charge in [0.05, 0.1) is 0 Å². The van der Waals surface area contributed by atoms with Gasteiger partial charge in [-0.1, -0.05) is 35.5 Å². The SMILES string of the molecule is Cc1noc(COC(=O)c2ccccc2Oc2ccccc2)n1. The Kier molecular flexibility index (Phi) is 4.33. The Hall–Kier alpha value is -3.15.